The zero-order valence-electron chi connectivity index (χ0n) is 15.8. The van der Waals surface area contributed by atoms with Crippen LogP contribution in [0.3, 0.4) is 0 Å². The molecular formula is C21H21N5OS. The van der Waals surface area contributed by atoms with Gasteiger partial charge < -0.3 is 9.88 Å². The molecule has 6 nitrogen and oxygen atoms in total. The third-order valence-corrected chi connectivity index (χ3v) is 5.52. The van der Waals surface area contributed by atoms with Gasteiger partial charge in [-0.3, -0.25) is 4.79 Å². The number of amides is 1. The third-order valence-electron chi connectivity index (χ3n) is 4.68. The highest BCUT2D eigenvalue weighted by molar-refractivity contribution is 7.99. The van der Waals surface area contributed by atoms with E-state index in [4.69, 9.17) is 0 Å². The van der Waals surface area contributed by atoms with Crippen molar-refractivity contribution in [3.63, 3.8) is 0 Å². The number of benzene rings is 2. The van der Waals surface area contributed by atoms with Crippen LogP contribution in [0.5, 0.6) is 0 Å². The molecule has 28 heavy (non-hydrogen) atoms. The Hall–Kier alpha value is -2.93. The fraction of sp³-hybridized carbons (Fsp3) is 0.238. The number of hydrogen-bond acceptors (Lipinski definition) is 5. The first kappa shape index (κ1) is 18.4. The van der Waals surface area contributed by atoms with Crippen LogP contribution in [0.15, 0.2) is 59.8 Å². The maximum atomic E-state index is 12.3. The minimum atomic E-state index is -0.0546. The molecule has 0 saturated carbocycles. The van der Waals surface area contributed by atoms with Gasteiger partial charge in [0.25, 0.3) is 0 Å². The molecule has 0 saturated heterocycles. The summed E-state index contributed by atoms with van der Waals surface area (Å²) in [4.78, 5) is 17.0. The molecule has 0 spiro atoms. The molecule has 0 aliphatic rings. The zero-order chi connectivity index (χ0) is 19.5. The number of hydrogen-bond donors (Lipinski definition) is 1. The second-order valence-electron chi connectivity index (χ2n) is 6.52. The first-order valence-corrected chi connectivity index (χ1v) is 10.2. The largest absolute Gasteiger partial charge is 0.349 e. The topological polar surface area (TPSA) is 72.7 Å². The number of para-hydroxylation sites is 1. The number of rotatable bonds is 6. The van der Waals surface area contributed by atoms with E-state index in [9.17, 15) is 4.79 Å². The summed E-state index contributed by atoms with van der Waals surface area (Å²) in [5.41, 5.74) is 3.77. The van der Waals surface area contributed by atoms with Crippen molar-refractivity contribution >= 4 is 39.7 Å². The number of nitrogens with one attached hydrogen (secondary N) is 1. The van der Waals surface area contributed by atoms with E-state index in [1.54, 1.807) is 0 Å². The molecule has 1 atom stereocenters. The molecule has 1 N–H and O–H groups in total. The Morgan fingerprint density at radius 1 is 1.11 bits per heavy atom. The molecule has 7 heteroatoms. The standard InChI is InChI=1S/C21H21N5OS/c1-3-26-17-12-8-7-11-16(17)19-20(26)23-21(25-24-19)28-13-18(27)22-14(2)15-9-5-4-6-10-15/h4-12,14H,3,13H2,1-2H3,(H,22,27)/t14-/m1/s1. The van der Waals surface area contributed by atoms with Gasteiger partial charge in [0.15, 0.2) is 5.65 Å². The van der Waals surface area contributed by atoms with E-state index in [-0.39, 0.29) is 17.7 Å². The van der Waals surface area contributed by atoms with Gasteiger partial charge in [-0.15, -0.1) is 10.2 Å². The SMILES string of the molecule is CCn1c2ccccc2c2nnc(SCC(=O)N[C@H](C)c3ccccc3)nc21. The molecule has 0 radical (unpaired) electrons. The van der Waals surface area contributed by atoms with Gasteiger partial charge in [0, 0.05) is 11.9 Å². The van der Waals surface area contributed by atoms with Crippen molar-refractivity contribution in [3.05, 3.63) is 60.2 Å². The number of aromatic nitrogens is 4. The van der Waals surface area contributed by atoms with Crippen LogP contribution in [-0.4, -0.2) is 31.4 Å². The monoisotopic (exact) mass is 391 g/mol. The van der Waals surface area contributed by atoms with E-state index in [0.29, 0.717) is 5.16 Å². The normalized spacial score (nSPS) is 12.4. The van der Waals surface area contributed by atoms with Crippen molar-refractivity contribution in [3.8, 4) is 0 Å². The van der Waals surface area contributed by atoms with Gasteiger partial charge in [0.05, 0.1) is 17.3 Å². The molecule has 0 fully saturated rings. The molecule has 1 amide bonds. The fourth-order valence-corrected chi connectivity index (χ4v) is 3.90. The summed E-state index contributed by atoms with van der Waals surface area (Å²) >= 11 is 1.30. The Kier molecular flexibility index (Phi) is 5.25. The Morgan fingerprint density at radius 2 is 1.86 bits per heavy atom. The van der Waals surface area contributed by atoms with Crippen molar-refractivity contribution in [1.29, 1.82) is 0 Å². The van der Waals surface area contributed by atoms with Gasteiger partial charge in [0.1, 0.15) is 5.52 Å². The Labute approximate surface area is 167 Å². The third kappa shape index (κ3) is 3.57. The number of nitrogens with zero attached hydrogens (tertiary/aromatic N) is 4. The van der Waals surface area contributed by atoms with Crippen LogP contribution in [0, 0.1) is 0 Å². The minimum absolute atomic E-state index is 0.0431. The van der Waals surface area contributed by atoms with Gasteiger partial charge in [-0.1, -0.05) is 60.3 Å². The molecule has 4 aromatic rings. The summed E-state index contributed by atoms with van der Waals surface area (Å²) in [6, 6.07) is 18.0. The number of fused-ring (bicyclic) bond motifs is 3. The Morgan fingerprint density at radius 3 is 2.64 bits per heavy atom. The highest BCUT2D eigenvalue weighted by Gasteiger charge is 2.15. The lowest BCUT2D eigenvalue weighted by Gasteiger charge is -2.13. The van der Waals surface area contributed by atoms with E-state index in [1.165, 1.54) is 11.8 Å². The first-order chi connectivity index (χ1) is 13.7. The molecule has 0 unspecified atom stereocenters. The molecule has 2 aromatic carbocycles. The van der Waals surface area contributed by atoms with E-state index >= 15 is 0 Å². The van der Waals surface area contributed by atoms with Gasteiger partial charge in [0.2, 0.25) is 11.1 Å². The van der Waals surface area contributed by atoms with E-state index < -0.39 is 0 Å². The minimum Gasteiger partial charge on any atom is -0.349 e. The zero-order valence-corrected chi connectivity index (χ0v) is 16.6. The summed E-state index contributed by atoms with van der Waals surface area (Å²) in [5, 5.41) is 13.2. The van der Waals surface area contributed by atoms with Gasteiger partial charge in [-0.2, -0.15) is 0 Å². The molecule has 0 aliphatic heterocycles. The fourth-order valence-electron chi connectivity index (χ4n) is 3.31. The maximum Gasteiger partial charge on any atom is 0.230 e. The smallest absolute Gasteiger partial charge is 0.230 e. The highest BCUT2D eigenvalue weighted by Crippen LogP contribution is 2.27. The Balaban J connectivity index is 1.49. The Bertz CT molecular complexity index is 1130. The molecule has 2 aromatic heterocycles. The molecule has 142 valence electrons. The molecule has 4 rings (SSSR count). The van der Waals surface area contributed by atoms with Gasteiger partial charge in [-0.25, -0.2) is 4.98 Å². The maximum absolute atomic E-state index is 12.3. The second kappa shape index (κ2) is 7.98. The molecule has 2 heterocycles. The predicted molar refractivity (Wildman–Crippen MR) is 112 cm³/mol. The first-order valence-electron chi connectivity index (χ1n) is 9.26. The highest BCUT2D eigenvalue weighted by atomic mass is 32.2. The van der Waals surface area contributed by atoms with Crippen molar-refractivity contribution in [2.75, 3.05) is 5.75 Å². The van der Waals surface area contributed by atoms with Crippen molar-refractivity contribution in [1.82, 2.24) is 25.1 Å². The number of thioether (sulfide) groups is 1. The molecule has 0 aliphatic carbocycles. The van der Waals surface area contributed by atoms with Crippen LogP contribution in [0.1, 0.15) is 25.5 Å². The lowest BCUT2D eigenvalue weighted by atomic mass is 10.1. The van der Waals surface area contributed by atoms with E-state index in [1.807, 2.05) is 55.5 Å². The second-order valence-corrected chi connectivity index (χ2v) is 7.46. The molecule has 0 bridgehead atoms. The summed E-state index contributed by atoms with van der Waals surface area (Å²) in [7, 11) is 0. The van der Waals surface area contributed by atoms with Crippen LogP contribution >= 0.6 is 11.8 Å². The summed E-state index contributed by atoms with van der Waals surface area (Å²) in [6.45, 7) is 4.85. The van der Waals surface area contributed by atoms with Gasteiger partial charge >= 0.3 is 0 Å². The average Bonchev–Trinajstić information content (AvgIpc) is 3.05. The number of carbonyl (C=O) groups is 1. The van der Waals surface area contributed by atoms with Crippen molar-refractivity contribution < 1.29 is 4.79 Å². The number of aryl methyl sites for hydroxylation is 1. The van der Waals surface area contributed by atoms with Crippen LogP contribution in [0.2, 0.25) is 0 Å². The van der Waals surface area contributed by atoms with Crippen molar-refractivity contribution in [2.45, 2.75) is 31.6 Å². The summed E-state index contributed by atoms with van der Waals surface area (Å²) < 4.78 is 2.13. The summed E-state index contributed by atoms with van der Waals surface area (Å²) in [5.74, 6) is 0.192. The number of carbonyl (C=O) groups excluding carboxylic acids is 1. The summed E-state index contributed by atoms with van der Waals surface area (Å²) in [6.07, 6.45) is 0. The average molecular weight is 392 g/mol. The van der Waals surface area contributed by atoms with Crippen LogP contribution in [0.25, 0.3) is 22.1 Å². The quantitative estimate of drug-likeness (QED) is 0.504. The van der Waals surface area contributed by atoms with Gasteiger partial charge in [-0.05, 0) is 25.5 Å². The predicted octanol–water partition coefficient (Wildman–Crippen LogP) is 3.97. The lowest BCUT2D eigenvalue weighted by Crippen LogP contribution is -2.28. The van der Waals surface area contributed by atoms with Crippen LogP contribution in [0.4, 0.5) is 0 Å². The van der Waals surface area contributed by atoms with Crippen molar-refractivity contribution in [2.24, 2.45) is 0 Å². The van der Waals surface area contributed by atoms with Crippen LogP contribution < -0.4 is 5.32 Å². The lowest BCUT2D eigenvalue weighted by molar-refractivity contribution is -0.119. The molecular weight excluding hydrogens is 370 g/mol. The van der Waals surface area contributed by atoms with E-state index in [0.717, 1.165) is 34.2 Å². The van der Waals surface area contributed by atoms with E-state index in [2.05, 4.69) is 38.1 Å². The van der Waals surface area contributed by atoms with Crippen LogP contribution in [-0.2, 0) is 11.3 Å².